The molecule has 3 heterocycles. The van der Waals surface area contributed by atoms with E-state index in [9.17, 15) is 4.79 Å². The van der Waals surface area contributed by atoms with E-state index in [4.69, 9.17) is 4.74 Å². The van der Waals surface area contributed by atoms with Crippen molar-refractivity contribution in [2.45, 2.75) is 25.9 Å². The van der Waals surface area contributed by atoms with Crippen LogP contribution in [0.2, 0.25) is 0 Å². The fourth-order valence-corrected chi connectivity index (χ4v) is 3.15. The van der Waals surface area contributed by atoms with Gasteiger partial charge in [0.25, 0.3) is 5.91 Å². The van der Waals surface area contributed by atoms with Crippen molar-refractivity contribution in [3.8, 4) is 5.75 Å². The van der Waals surface area contributed by atoms with E-state index in [2.05, 4.69) is 27.7 Å². The number of rotatable bonds is 3. The monoisotopic (exact) mass is 327 g/mol. The van der Waals surface area contributed by atoms with Crippen molar-refractivity contribution in [2.24, 2.45) is 5.10 Å². The average molecular weight is 327 g/mol. The van der Waals surface area contributed by atoms with Gasteiger partial charge in [-0.05, 0) is 31.6 Å². The maximum Gasteiger partial charge on any atom is 0.262 e. The van der Waals surface area contributed by atoms with Gasteiger partial charge in [0, 0.05) is 24.3 Å². The molecule has 0 aliphatic carbocycles. The predicted octanol–water partition coefficient (Wildman–Crippen LogP) is 1.13. The van der Waals surface area contributed by atoms with Gasteiger partial charge >= 0.3 is 0 Å². The Morgan fingerprint density at radius 3 is 2.92 bits per heavy atom. The summed E-state index contributed by atoms with van der Waals surface area (Å²) in [5.74, 6) is 1.35. The second kappa shape index (κ2) is 5.52. The molecule has 3 aliphatic heterocycles. The predicted molar refractivity (Wildman–Crippen MR) is 94.4 cm³/mol. The van der Waals surface area contributed by atoms with Crippen LogP contribution in [0.1, 0.15) is 19.4 Å². The number of carbonyl (C=O) groups excluding carboxylic acids is 1. The van der Waals surface area contributed by atoms with Gasteiger partial charge in [-0.15, -0.1) is 0 Å². The number of amides is 1. The Bertz CT molecular complexity index is 754. The van der Waals surface area contributed by atoms with Gasteiger partial charge in [0.1, 0.15) is 18.4 Å². The second-order valence-electron chi connectivity index (χ2n) is 6.48. The van der Waals surface area contributed by atoms with Crippen molar-refractivity contribution in [3.05, 3.63) is 24.3 Å². The van der Waals surface area contributed by atoms with E-state index in [0.717, 1.165) is 41.4 Å². The maximum atomic E-state index is 12.0. The van der Waals surface area contributed by atoms with E-state index < -0.39 is 0 Å². The molecule has 4 rings (SSSR count). The lowest BCUT2D eigenvalue weighted by Gasteiger charge is -2.39. The highest BCUT2D eigenvalue weighted by Gasteiger charge is 2.36. The zero-order chi connectivity index (χ0) is 16.8. The third kappa shape index (κ3) is 2.32. The van der Waals surface area contributed by atoms with Gasteiger partial charge in [-0.3, -0.25) is 4.79 Å². The second-order valence-corrected chi connectivity index (χ2v) is 6.48. The van der Waals surface area contributed by atoms with Crippen molar-refractivity contribution in [1.29, 1.82) is 0 Å². The number of carbonyl (C=O) groups is 1. The quantitative estimate of drug-likeness (QED) is 0.776. The number of nitrogens with one attached hydrogen (secondary N) is 3. The Labute approximate surface area is 140 Å². The van der Waals surface area contributed by atoms with Crippen LogP contribution in [0.15, 0.2) is 23.8 Å². The Kier molecular flexibility index (Phi) is 3.45. The van der Waals surface area contributed by atoms with Crippen molar-refractivity contribution in [2.75, 3.05) is 29.9 Å². The number of anilines is 2. The zero-order valence-corrected chi connectivity index (χ0v) is 13.8. The zero-order valence-electron chi connectivity index (χ0n) is 13.8. The summed E-state index contributed by atoms with van der Waals surface area (Å²) in [7, 11) is 0. The number of benzene rings is 1. The average Bonchev–Trinajstić information content (AvgIpc) is 2.53. The first-order chi connectivity index (χ1) is 11.5. The van der Waals surface area contributed by atoms with E-state index in [1.807, 2.05) is 30.9 Å². The molecular weight excluding hydrogens is 306 g/mol. The number of ether oxygens (including phenoxy) is 1. The third-order valence-electron chi connectivity index (χ3n) is 4.66. The first-order valence-electron chi connectivity index (χ1n) is 8.14. The molecule has 1 fully saturated rings. The van der Waals surface area contributed by atoms with Gasteiger partial charge in [0.05, 0.1) is 11.7 Å². The molecule has 1 aromatic carbocycles. The largest absolute Gasteiger partial charge is 0.483 e. The van der Waals surface area contributed by atoms with Crippen molar-refractivity contribution in [1.82, 2.24) is 10.7 Å². The summed E-state index contributed by atoms with van der Waals surface area (Å²) < 4.78 is 5.86. The molecule has 7 heteroatoms. The molecule has 0 spiro atoms. The number of hydrazone groups is 1. The smallest absolute Gasteiger partial charge is 0.262 e. The topological polar surface area (TPSA) is 78.0 Å². The van der Waals surface area contributed by atoms with Crippen molar-refractivity contribution >= 4 is 28.7 Å². The molecule has 0 aromatic heterocycles. The lowest BCUT2D eigenvalue weighted by molar-refractivity contribution is -0.122. The minimum Gasteiger partial charge on any atom is -0.483 e. The summed E-state index contributed by atoms with van der Waals surface area (Å²) >= 11 is 0. The van der Waals surface area contributed by atoms with Gasteiger partial charge in [0.2, 0.25) is 0 Å². The molecule has 3 N–H and O–H groups in total. The Balaban J connectivity index is 1.79. The first kappa shape index (κ1) is 15.0. The molecule has 1 unspecified atom stereocenters. The summed E-state index contributed by atoms with van der Waals surface area (Å²) in [5.41, 5.74) is 6.43. The molecule has 1 atom stereocenters. The van der Waals surface area contributed by atoms with Crippen LogP contribution in [0, 0.1) is 0 Å². The van der Waals surface area contributed by atoms with Crippen LogP contribution in [0.4, 0.5) is 11.4 Å². The molecule has 3 aliphatic rings. The van der Waals surface area contributed by atoms with E-state index in [-0.39, 0.29) is 11.9 Å². The highest BCUT2D eigenvalue weighted by molar-refractivity contribution is 6.09. The third-order valence-corrected chi connectivity index (χ3v) is 4.66. The number of allylic oxidation sites excluding steroid dienone is 1. The highest BCUT2D eigenvalue weighted by atomic mass is 16.5. The summed E-state index contributed by atoms with van der Waals surface area (Å²) in [6.45, 7) is 10.2. The number of hydrogen-bond acceptors (Lipinski definition) is 6. The fraction of sp³-hybridized carbons (Fsp3) is 0.412. The summed E-state index contributed by atoms with van der Waals surface area (Å²) in [6.07, 6.45) is 0. The van der Waals surface area contributed by atoms with Crippen molar-refractivity contribution < 1.29 is 9.53 Å². The minimum atomic E-state index is -0.325. The first-order valence-corrected chi connectivity index (χ1v) is 8.14. The van der Waals surface area contributed by atoms with Crippen molar-refractivity contribution in [3.63, 3.8) is 0 Å². The molecule has 0 bridgehead atoms. The fourth-order valence-electron chi connectivity index (χ4n) is 3.15. The standard InChI is InChI=1S/C17H21N5O2/c1-9(2)12-4-15-14(5-13(12)19-11-6-18-7-11)22-10(3)17(23)21-20-16(22)8-24-15/h4-5,10-11,18-19H,1,6-8H2,2-3H3,(H,21,23). The van der Waals surface area contributed by atoms with Crippen LogP contribution in [-0.4, -0.2) is 43.5 Å². The van der Waals surface area contributed by atoms with Gasteiger partial charge in [-0.1, -0.05) is 6.58 Å². The number of amidine groups is 1. The molecule has 24 heavy (non-hydrogen) atoms. The molecular formula is C17H21N5O2. The van der Waals surface area contributed by atoms with E-state index >= 15 is 0 Å². The minimum absolute atomic E-state index is 0.117. The molecule has 1 amide bonds. The van der Waals surface area contributed by atoms with E-state index in [1.54, 1.807) is 0 Å². The Morgan fingerprint density at radius 2 is 2.25 bits per heavy atom. The highest BCUT2D eigenvalue weighted by Crippen LogP contribution is 2.41. The van der Waals surface area contributed by atoms with Gasteiger partial charge in [0.15, 0.2) is 5.84 Å². The van der Waals surface area contributed by atoms with Crippen LogP contribution < -0.4 is 25.7 Å². The maximum absolute atomic E-state index is 12.0. The lowest BCUT2D eigenvalue weighted by atomic mass is 10.0. The molecule has 0 radical (unpaired) electrons. The van der Waals surface area contributed by atoms with Crippen LogP contribution >= 0.6 is 0 Å². The van der Waals surface area contributed by atoms with Gasteiger partial charge < -0.3 is 20.3 Å². The normalized spacial score (nSPS) is 22.4. The number of nitrogens with zero attached hydrogens (tertiary/aromatic N) is 2. The SMILES string of the molecule is C=C(C)c1cc2c(cc1NC1CNC1)N1C(=NNC(=O)C1C)CO2. The lowest BCUT2D eigenvalue weighted by Crippen LogP contribution is -2.55. The Morgan fingerprint density at radius 1 is 1.46 bits per heavy atom. The molecule has 1 saturated heterocycles. The molecule has 126 valence electrons. The van der Waals surface area contributed by atoms with E-state index in [1.165, 1.54) is 0 Å². The summed E-state index contributed by atoms with van der Waals surface area (Å²) in [4.78, 5) is 14.0. The van der Waals surface area contributed by atoms with Gasteiger partial charge in [-0.2, -0.15) is 5.10 Å². The van der Waals surface area contributed by atoms with Crippen LogP contribution in [0.25, 0.3) is 5.57 Å². The van der Waals surface area contributed by atoms with Crippen LogP contribution in [0.5, 0.6) is 5.75 Å². The summed E-state index contributed by atoms with van der Waals surface area (Å²) in [6, 6.07) is 4.12. The summed E-state index contributed by atoms with van der Waals surface area (Å²) in [5, 5.41) is 10.9. The number of hydrogen-bond donors (Lipinski definition) is 3. The van der Waals surface area contributed by atoms with E-state index in [0.29, 0.717) is 18.5 Å². The Hall–Kier alpha value is -2.54. The molecule has 1 aromatic rings. The van der Waals surface area contributed by atoms with Gasteiger partial charge in [-0.25, -0.2) is 5.43 Å². The van der Waals surface area contributed by atoms with Crippen LogP contribution in [0.3, 0.4) is 0 Å². The molecule has 7 nitrogen and oxygen atoms in total. The van der Waals surface area contributed by atoms with Crippen LogP contribution in [-0.2, 0) is 4.79 Å². The molecule has 0 saturated carbocycles. The number of fused-ring (bicyclic) bond motifs is 3.